The van der Waals surface area contributed by atoms with Gasteiger partial charge in [-0.2, -0.15) is 18.2 Å². The summed E-state index contributed by atoms with van der Waals surface area (Å²) >= 11 is 3.32. The molecule has 13 heteroatoms. The molecule has 3 amide bonds. The molecule has 4 rings (SSSR count). The zero-order valence-corrected chi connectivity index (χ0v) is 19.6. The molecule has 3 aromatic rings. The highest BCUT2D eigenvalue weighted by atomic mass is 79.9. The van der Waals surface area contributed by atoms with Crippen molar-refractivity contribution in [2.45, 2.75) is 12.7 Å². The number of carbonyl (C=O) groups excluding carboxylic acids is 1. The number of alkyl halides is 3. The van der Waals surface area contributed by atoms with Gasteiger partial charge in [-0.25, -0.2) is 24.4 Å². The quantitative estimate of drug-likeness (QED) is 0.445. The van der Waals surface area contributed by atoms with E-state index in [9.17, 15) is 27.9 Å². The number of anilines is 4. The Balaban J connectivity index is 1.82. The van der Waals surface area contributed by atoms with Crippen LogP contribution in [0.1, 0.15) is 5.56 Å². The third-order valence-electron chi connectivity index (χ3n) is 5.07. The number of hydrogen-bond donors (Lipinski definition) is 1. The first-order chi connectivity index (χ1) is 16.6. The van der Waals surface area contributed by atoms with E-state index < -0.39 is 30.8 Å². The fourth-order valence-corrected chi connectivity index (χ4v) is 3.73. The van der Waals surface area contributed by atoms with Gasteiger partial charge in [0.2, 0.25) is 5.95 Å². The van der Waals surface area contributed by atoms with Crippen LogP contribution < -0.4 is 19.4 Å². The van der Waals surface area contributed by atoms with Gasteiger partial charge >= 0.3 is 18.3 Å². The second-order valence-corrected chi connectivity index (χ2v) is 8.30. The van der Waals surface area contributed by atoms with E-state index in [1.165, 1.54) is 23.1 Å². The van der Waals surface area contributed by atoms with E-state index in [0.717, 1.165) is 4.47 Å². The Morgan fingerprint density at radius 3 is 2.34 bits per heavy atom. The van der Waals surface area contributed by atoms with Crippen LogP contribution >= 0.6 is 15.9 Å². The maximum atomic E-state index is 13.6. The Hall–Kier alpha value is -3.87. The van der Waals surface area contributed by atoms with Crippen LogP contribution in [0.3, 0.4) is 0 Å². The van der Waals surface area contributed by atoms with Gasteiger partial charge in [0.15, 0.2) is 5.82 Å². The summed E-state index contributed by atoms with van der Waals surface area (Å²) in [5, 5.41) is 9.33. The molecule has 0 bridgehead atoms. The van der Waals surface area contributed by atoms with Crippen molar-refractivity contribution >= 4 is 51.2 Å². The summed E-state index contributed by atoms with van der Waals surface area (Å²) in [6.45, 7) is -1.79. The molecule has 0 aliphatic carbocycles. The summed E-state index contributed by atoms with van der Waals surface area (Å²) in [5.41, 5.74) is 1.32. The Morgan fingerprint density at radius 1 is 1.14 bits per heavy atom. The molecule has 35 heavy (non-hydrogen) atoms. The predicted molar refractivity (Wildman–Crippen MR) is 124 cm³/mol. The molecule has 0 saturated carbocycles. The molecule has 0 atom stereocenters. The van der Waals surface area contributed by atoms with Gasteiger partial charge in [-0.1, -0.05) is 15.9 Å². The number of benzene rings is 2. The molecule has 0 spiro atoms. The second-order valence-electron chi connectivity index (χ2n) is 7.38. The van der Waals surface area contributed by atoms with Gasteiger partial charge < -0.3 is 9.84 Å². The Kier molecular flexibility index (Phi) is 6.52. The number of amides is 3. The second kappa shape index (κ2) is 9.41. The lowest BCUT2D eigenvalue weighted by atomic mass is 10.1. The first-order valence-electron chi connectivity index (χ1n) is 10.0. The molecule has 1 N–H and O–H groups in total. The van der Waals surface area contributed by atoms with E-state index in [4.69, 9.17) is 4.74 Å². The number of methoxy groups -OCH3 is 1. The average molecular weight is 552 g/mol. The van der Waals surface area contributed by atoms with E-state index in [-0.39, 0.29) is 17.3 Å². The molecule has 0 unspecified atom stereocenters. The van der Waals surface area contributed by atoms with Gasteiger partial charge in [0.25, 0.3) is 0 Å². The number of hydrogen-bond acceptors (Lipinski definition) is 5. The summed E-state index contributed by atoms with van der Waals surface area (Å²) in [7, 11) is 1.51. The third-order valence-corrected chi connectivity index (χ3v) is 5.60. The summed E-state index contributed by atoms with van der Waals surface area (Å²) in [5.74, 6) is -0.114. The number of nitrogens with zero attached hydrogens (tertiary/aromatic N) is 5. The summed E-state index contributed by atoms with van der Waals surface area (Å²) in [4.78, 5) is 35.7. The molecule has 0 radical (unpaired) electrons. The fourth-order valence-electron chi connectivity index (χ4n) is 3.46. The molecule has 182 valence electrons. The fraction of sp³-hybridized carbons (Fsp3) is 0.182. The topological polar surface area (TPSA) is 99.1 Å². The number of rotatable bonds is 5. The van der Waals surface area contributed by atoms with Crippen LogP contribution in [-0.2, 0) is 6.54 Å². The molecule has 2 heterocycles. The van der Waals surface area contributed by atoms with E-state index >= 15 is 0 Å². The van der Waals surface area contributed by atoms with Crippen LogP contribution in [-0.4, -0.2) is 47.0 Å². The highest BCUT2D eigenvalue weighted by molar-refractivity contribution is 9.10. The lowest BCUT2D eigenvalue weighted by Gasteiger charge is -2.36. The number of fused-ring (bicyclic) bond motifs is 1. The molecule has 1 aromatic heterocycles. The third kappa shape index (κ3) is 5.14. The number of ether oxygens (including phenoxy) is 1. The lowest BCUT2D eigenvalue weighted by molar-refractivity contribution is -0.119. The van der Waals surface area contributed by atoms with Crippen molar-refractivity contribution in [3.8, 4) is 5.75 Å². The van der Waals surface area contributed by atoms with Crippen LogP contribution in [0.5, 0.6) is 5.75 Å². The first kappa shape index (κ1) is 24.3. The van der Waals surface area contributed by atoms with E-state index in [1.807, 2.05) is 0 Å². The van der Waals surface area contributed by atoms with Crippen molar-refractivity contribution in [1.29, 1.82) is 0 Å². The summed E-state index contributed by atoms with van der Waals surface area (Å²) in [6.07, 6.45) is -5.47. The standard InChI is InChI=1S/C22H17BrF3N5O4/c1-35-17-8-6-15(7-9-17)29-11-13-10-27-19(30(21(33)34)12-22(24,25)26)28-18(13)31(20(29)32)16-4-2-14(23)3-5-16/h2-10H,11-12H2,1H3,(H,33,34). The van der Waals surface area contributed by atoms with Crippen molar-refractivity contribution in [2.75, 3.05) is 28.4 Å². The highest BCUT2D eigenvalue weighted by Gasteiger charge is 2.38. The zero-order valence-electron chi connectivity index (χ0n) is 18.0. The van der Waals surface area contributed by atoms with Crippen molar-refractivity contribution < 1.29 is 32.6 Å². The van der Waals surface area contributed by atoms with Gasteiger partial charge in [-0.15, -0.1) is 0 Å². The van der Waals surface area contributed by atoms with Gasteiger partial charge in [0, 0.05) is 21.9 Å². The number of carboxylic acid groups (broad SMARTS) is 1. The van der Waals surface area contributed by atoms with Crippen LogP contribution in [0.2, 0.25) is 0 Å². The largest absolute Gasteiger partial charge is 0.497 e. The van der Waals surface area contributed by atoms with E-state index in [2.05, 4.69) is 25.9 Å². The molecule has 1 aliphatic heterocycles. The average Bonchev–Trinajstić information content (AvgIpc) is 2.82. The Labute approximate surface area is 205 Å². The van der Waals surface area contributed by atoms with Crippen LogP contribution in [0.15, 0.2) is 59.2 Å². The normalized spacial score (nSPS) is 13.5. The zero-order chi connectivity index (χ0) is 25.3. The molecule has 0 fully saturated rings. The molecule has 9 nitrogen and oxygen atoms in total. The number of carbonyl (C=O) groups is 2. The molecule has 1 aliphatic rings. The van der Waals surface area contributed by atoms with Crippen LogP contribution in [0, 0.1) is 0 Å². The Morgan fingerprint density at radius 2 is 1.77 bits per heavy atom. The van der Waals surface area contributed by atoms with Gasteiger partial charge in [0.05, 0.1) is 19.3 Å². The maximum absolute atomic E-state index is 13.6. The monoisotopic (exact) mass is 551 g/mol. The minimum absolute atomic E-state index is 0.0134. The maximum Gasteiger partial charge on any atom is 0.414 e. The number of halogens is 4. The minimum Gasteiger partial charge on any atom is -0.497 e. The molecular formula is C22H17BrF3N5O4. The predicted octanol–water partition coefficient (Wildman–Crippen LogP) is 5.57. The molecule has 2 aromatic carbocycles. The summed E-state index contributed by atoms with van der Waals surface area (Å²) < 4.78 is 44.8. The highest BCUT2D eigenvalue weighted by Crippen LogP contribution is 2.37. The van der Waals surface area contributed by atoms with Crippen molar-refractivity contribution in [2.24, 2.45) is 0 Å². The van der Waals surface area contributed by atoms with Gasteiger partial charge in [0.1, 0.15) is 12.3 Å². The minimum atomic E-state index is -4.82. The smallest absolute Gasteiger partial charge is 0.414 e. The summed E-state index contributed by atoms with van der Waals surface area (Å²) in [6, 6.07) is 12.8. The van der Waals surface area contributed by atoms with Crippen LogP contribution in [0.25, 0.3) is 0 Å². The Bertz CT molecular complexity index is 1260. The van der Waals surface area contributed by atoms with E-state index in [1.54, 1.807) is 48.5 Å². The number of aromatic nitrogens is 2. The van der Waals surface area contributed by atoms with E-state index in [0.29, 0.717) is 22.7 Å². The van der Waals surface area contributed by atoms with Crippen LogP contribution in [0.4, 0.5) is 45.9 Å². The van der Waals surface area contributed by atoms with Crippen molar-refractivity contribution in [3.05, 3.63) is 64.8 Å². The number of urea groups is 1. The molecular weight excluding hydrogens is 535 g/mol. The molecule has 0 saturated heterocycles. The lowest BCUT2D eigenvalue weighted by Crippen LogP contribution is -2.46. The first-order valence-corrected chi connectivity index (χ1v) is 10.8. The van der Waals surface area contributed by atoms with Gasteiger partial charge in [-0.05, 0) is 48.5 Å². The SMILES string of the molecule is COc1ccc(N2Cc3cnc(N(CC(F)(F)F)C(=O)O)nc3N(c3ccc(Br)cc3)C2=O)cc1. The van der Waals surface area contributed by atoms with Crippen molar-refractivity contribution in [3.63, 3.8) is 0 Å². The van der Waals surface area contributed by atoms with Gasteiger partial charge in [-0.3, -0.25) is 4.90 Å². The van der Waals surface area contributed by atoms with Crippen molar-refractivity contribution in [1.82, 2.24) is 9.97 Å².